The Labute approximate surface area is 212 Å². The van der Waals surface area contributed by atoms with Crippen LogP contribution in [0, 0.1) is 0 Å². The Hall–Kier alpha value is -2.16. The summed E-state index contributed by atoms with van der Waals surface area (Å²) >= 11 is 3.11. The summed E-state index contributed by atoms with van der Waals surface area (Å²) in [5, 5.41) is 12.1. The van der Waals surface area contributed by atoms with Crippen LogP contribution < -0.4 is 10.1 Å². The summed E-state index contributed by atoms with van der Waals surface area (Å²) < 4.78 is 6.66. The van der Waals surface area contributed by atoms with Gasteiger partial charge in [0.2, 0.25) is 5.13 Å². The van der Waals surface area contributed by atoms with Gasteiger partial charge in [0.1, 0.15) is 12.4 Å². The number of hydrogen-bond acceptors (Lipinski definition) is 7. The average molecular weight is 503 g/mol. The van der Waals surface area contributed by atoms with Gasteiger partial charge in [0, 0.05) is 5.56 Å². The molecule has 1 atom stereocenters. The molecule has 0 bridgehead atoms. The fourth-order valence-electron chi connectivity index (χ4n) is 3.31. The molecule has 0 aliphatic rings. The molecule has 1 amide bonds. The molecule has 0 spiro atoms. The lowest BCUT2D eigenvalue weighted by atomic mass is 10.1. The molecule has 0 fully saturated rings. The molecule has 2 aromatic rings. The van der Waals surface area contributed by atoms with E-state index in [1.165, 1.54) is 22.5 Å². The molecule has 1 heterocycles. The van der Waals surface area contributed by atoms with Gasteiger partial charge >= 0.3 is 0 Å². The van der Waals surface area contributed by atoms with E-state index >= 15 is 0 Å². The van der Waals surface area contributed by atoms with Crippen molar-refractivity contribution >= 4 is 34.1 Å². The van der Waals surface area contributed by atoms with Crippen LogP contribution in [0.4, 0.5) is 5.13 Å². The topological polar surface area (TPSA) is 67.3 Å². The van der Waals surface area contributed by atoms with E-state index in [-0.39, 0.29) is 5.91 Å². The highest BCUT2D eigenvalue weighted by Gasteiger charge is 2.18. The molecule has 1 aromatic carbocycles. The minimum atomic E-state index is -0.204. The van der Waals surface area contributed by atoms with Gasteiger partial charge in [0.15, 0.2) is 4.34 Å². The lowest BCUT2D eigenvalue weighted by Crippen LogP contribution is -2.31. The van der Waals surface area contributed by atoms with E-state index in [1.807, 2.05) is 12.1 Å². The fourth-order valence-corrected chi connectivity index (χ4v) is 5.48. The standard InChI is InChI=1S/C26H38N4O2S2/c1-7-23(30(8-2)9-3)33-26-29-28-25(34-26)27-24(31)21-13-15-22(16-14-21)32-18-17-20(6)12-10-11-19(4)5/h11,13-17,23H,7-10,12,18H2,1-6H3,(H,27,28,31)/b20-17+. The molecule has 1 unspecified atom stereocenters. The predicted molar refractivity (Wildman–Crippen MR) is 145 cm³/mol. The van der Waals surface area contributed by atoms with E-state index < -0.39 is 0 Å². The van der Waals surface area contributed by atoms with Crippen molar-refractivity contribution in [2.45, 2.75) is 70.5 Å². The molecular formula is C26H38N4O2S2. The van der Waals surface area contributed by atoms with Crippen molar-refractivity contribution < 1.29 is 9.53 Å². The number of nitrogens with one attached hydrogen (secondary N) is 1. The first-order chi connectivity index (χ1) is 16.4. The molecule has 1 N–H and O–H groups in total. The molecule has 1 aromatic heterocycles. The molecule has 186 valence electrons. The molecule has 6 nitrogen and oxygen atoms in total. The third-order valence-electron chi connectivity index (χ3n) is 5.32. The lowest BCUT2D eigenvalue weighted by molar-refractivity contribution is 0.102. The molecular weight excluding hydrogens is 464 g/mol. The maximum absolute atomic E-state index is 12.6. The SMILES string of the molecule is CCC(Sc1nnc(NC(=O)c2ccc(OC/C=C(\C)CCC=C(C)C)cc2)s1)N(CC)CC. The number of aromatic nitrogens is 2. The van der Waals surface area contributed by atoms with Crippen molar-refractivity contribution in [1.29, 1.82) is 0 Å². The van der Waals surface area contributed by atoms with E-state index in [9.17, 15) is 4.79 Å². The Morgan fingerprint density at radius 3 is 2.44 bits per heavy atom. The van der Waals surface area contributed by atoms with Gasteiger partial charge in [-0.3, -0.25) is 15.0 Å². The fraction of sp³-hybridized carbons (Fsp3) is 0.500. The largest absolute Gasteiger partial charge is 0.490 e. The lowest BCUT2D eigenvalue weighted by Gasteiger charge is -2.26. The van der Waals surface area contributed by atoms with Crippen LogP contribution in [0.5, 0.6) is 5.75 Å². The average Bonchev–Trinajstić information content (AvgIpc) is 3.26. The number of nitrogens with zero attached hydrogens (tertiary/aromatic N) is 3. The van der Waals surface area contributed by atoms with Crippen LogP contribution in [0.2, 0.25) is 0 Å². The number of carbonyl (C=O) groups is 1. The molecule has 0 saturated carbocycles. The minimum Gasteiger partial charge on any atom is -0.490 e. The summed E-state index contributed by atoms with van der Waals surface area (Å²) in [6.07, 6.45) is 7.46. The van der Waals surface area contributed by atoms with E-state index in [0.717, 1.165) is 42.4 Å². The molecule has 34 heavy (non-hydrogen) atoms. The van der Waals surface area contributed by atoms with Crippen molar-refractivity contribution in [3.8, 4) is 5.75 Å². The van der Waals surface area contributed by atoms with Crippen LogP contribution in [-0.2, 0) is 0 Å². The van der Waals surface area contributed by atoms with E-state index in [2.05, 4.69) is 74.1 Å². The number of allylic oxidation sites excluding steroid dienone is 3. The Balaban J connectivity index is 1.85. The normalized spacial score (nSPS) is 12.5. The molecule has 0 aliphatic heterocycles. The summed E-state index contributed by atoms with van der Waals surface area (Å²) in [5.74, 6) is 0.534. The quantitative estimate of drug-likeness (QED) is 0.129. The summed E-state index contributed by atoms with van der Waals surface area (Å²) in [4.78, 5) is 15.0. The number of carbonyl (C=O) groups excluding carboxylic acids is 1. The van der Waals surface area contributed by atoms with E-state index in [4.69, 9.17) is 4.74 Å². The highest BCUT2D eigenvalue weighted by Crippen LogP contribution is 2.32. The number of anilines is 1. The Morgan fingerprint density at radius 1 is 1.12 bits per heavy atom. The van der Waals surface area contributed by atoms with Crippen LogP contribution in [-0.4, -0.2) is 46.1 Å². The summed E-state index contributed by atoms with van der Waals surface area (Å²) in [6.45, 7) is 15.4. The first-order valence-corrected chi connectivity index (χ1v) is 13.6. The maximum Gasteiger partial charge on any atom is 0.257 e. The number of benzene rings is 1. The smallest absolute Gasteiger partial charge is 0.257 e. The second kappa shape index (κ2) is 15.0. The minimum absolute atomic E-state index is 0.204. The third kappa shape index (κ3) is 9.60. The van der Waals surface area contributed by atoms with Crippen molar-refractivity contribution in [3.05, 3.63) is 53.1 Å². The Morgan fingerprint density at radius 2 is 1.82 bits per heavy atom. The number of hydrogen-bond donors (Lipinski definition) is 1. The van der Waals surface area contributed by atoms with Gasteiger partial charge in [-0.05, 0) is 83.5 Å². The second-order valence-corrected chi connectivity index (χ2v) is 10.6. The van der Waals surface area contributed by atoms with Crippen LogP contribution in [0.3, 0.4) is 0 Å². The zero-order valence-electron chi connectivity index (χ0n) is 21.3. The molecule has 0 aliphatic carbocycles. The van der Waals surface area contributed by atoms with Crippen LogP contribution in [0.25, 0.3) is 0 Å². The number of thioether (sulfide) groups is 1. The summed E-state index contributed by atoms with van der Waals surface area (Å²) in [6, 6.07) is 7.16. The molecule has 0 radical (unpaired) electrons. The van der Waals surface area contributed by atoms with Crippen LogP contribution in [0.15, 0.2) is 51.9 Å². The number of ether oxygens (including phenoxy) is 1. The first-order valence-electron chi connectivity index (χ1n) is 11.9. The van der Waals surface area contributed by atoms with Gasteiger partial charge < -0.3 is 4.74 Å². The van der Waals surface area contributed by atoms with Crippen LogP contribution in [0.1, 0.15) is 71.2 Å². The van der Waals surface area contributed by atoms with Crippen molar-refractivity contribution in [3.63, 3.8) is 0 Å². The number of rotatable bonds is 14. The molecule has 2 rings (SSSR count). The van der Waals surface area contributed by atoms with Crippen molar-refractivity contribution in [2.75, 3.05) is 25.0 Å². The van der Waals surface area contributed by atoms with Gasteiger partial charge in [0.25, 0.3) is 5.91 Å². The van der Waals surface area contributed by atoms with Gasteiger partial charge in [-0.2, -0.15) is 0 Å². The van der Waals surface area contributed by atoms with Crippen molar-refractivity contribution in [2.24, 2.45) is 0 Å². The molecule has 0 saturated heterocycles. The summed E-state index contributed by atoms with van der Waals surface area (Å²) in [5.41, 5.74) is 3.21. The summed E-state index contributed by atoms with van der Waals surface area (Å²) in [7, 11) is 0. The highest BCUT2D eigenvalue weighted by atomic mass is 32.2. The van der Waals surface area contributed by atoms with Crippen LogP contribution >= 0.6 is 23.1 Å². The Kier molecular flexibility index (Phi) is 12.4. The van der Waals surface area contributed by atoms with E-state index in [1.54, 1.807) is 23.9 Å². The third-order valence-corrected chi connectivity index (χ3v) is 7.68. The maximum atomic E-state index is 12.6. The first kappa shape index (κ1) is 28.1. The van der Waals surface area contributed by atoms with Gasteiger partial charge in [0.05, 0.1) is 5.37 Å². The number of amides is 1. The second-order valence-electron chi connectivity index (χ2n) is 8.24. The zero-order chi connectivity index (χ0) is 24.9. The zero-order valence-corrected chi connectivity index (χ0v) is 22.9. The monoisotopic (exact) mass is 502 g/mol. The van der Waals surface area contributed by atoms with Gasteiger partial charge in [-0.1, -0.05) is 61.1 Å². The predicted octanol–water partition coefficient (Wildman–Crippen LogP) is 7.03. The highest BCUT2D eigenvalue weighted by molar-refractivity contribution is 8.01. The van der Waals surface area contributed by atoms with Gasteiger partial charge in [-0.15, -0.1) is 10.2 Å². The van der Waals surface area contributed by atoms with Gasteiger partial charge in [-0.25, -0.2) is 0 Å². The van der Waals surface area contributed by atoms with E-state index in [0.29, 0.717) is 22.7 Å². The Bertz CT molecular complexity index is 946. The van der Waals surface area contributed by atoms with Crippen molar-refractivity contribution in [1.82, 2.24) is 15.1 Å². The molecule has 8 heteroatoms.